The van der Waals surface area contributed by atoms with Crippen LogP contribution in [0, 0.1) is 6.92 Å². The number of benzene rings is 2. The number of rotatable bonds is 5. The van der Waals surface area contributed by atoms with Crippen molar-refractivity contribution in [1.29, 1.82) is 0 Å². The molecule has 0 unspecified atom stereocenters. The second-order valence-electron chi connectivity index (χ2n) is 5.24. The number of phenolic OH excluding ortho intramolecular Hbond substituents is 1. The molecule has 8 heteroatoms. The quantitative estimate of drug-likeness (QED) is 0.601. The van der Waals surface area contributed by atoms with Crippen molar-refractivity contribution in [3.8, 4) is 17.2 Å². The predicted molar refractivity (Wildman–Crippen MR) is 99.6 cm³/mol. The van der Waals surface area contributed by atoms with E-state index in [0.717, 1.165) is 21.8 Å². The highest BCUT2D eigenvalue weighted by Crippen LogP contribution is 2.26. The zero-order valence-electron chi connectivity index (χ0n) is 13.2. The van der Waals surface area contributed by atoms with Crippen molar-refractivity contribution < 1.29 is 14.3 Å². The lowest BCUT2D eigenvalue weighted by Crippen LogP contribution is -2.14. The molecule has 0 saturated heterocycles. The van der Waals surface area contributed by atoms with Crippen molar-refractivity contribution in [3.63, 3.8) is 0 Å². The number of phenols is 1. The minimum Gasteiger partial charge on any atom is -0.508 e. The molecule has 3 aromatic rings. The molecule has 0 spiro atoms. The largest absolute Gasteiger partial charge is 0.508 e. The first-order valence-corrected chi connectivity index (χ1v) is 9.11. The summed E-state index contributed by atoms with van der Waals surface area (Å²) >= 11 is 4.57. The van der Waals surface area contributed by atoms with Crippen LogP contribution in [-0.4, -0.2) is 27.0 Å². The van der Waals surface area contributed by atoms with Crippen LogP contribution < -0.4 is 5.32 Å². The Morgan fingerprint density at radius 1 is 1.28 bits per heavy atom. The number of hydrogen-bond donors (Lipinski definition) is 2. The Labute approximate surface area is 156 Å². The first kappa shape index (κ1) is 17.5. The Balaban J connectivity index is 1.59. The fourth-order valence-corrected chi connectivity index (χ4v) is 3.21. The Hall–Kier alpha value is -2.32. The molecule has 1 heterocycles. The SMILES string of the molecule is Cc1ccc(NC(=O)CSc2nnc(-c3cccc(O)c3)o2)c(Br)c1. The van der Waals surface area contributed by atoms with Crippen molar-refractivity contribution in [2.45, 2.75) is 12.1 Å². The molecule has 0 radical (unpaired) electrons. The minimum atomic E-state index is -0.174. The smallest absolute Gasteiger partial charge is 0.277 e. The van der Waals surface area contributed by atoms with Gasteiger partial charge < -0.3 is 14.8 Å². The minimum absolute atomic E-state index is 0.118. The molecule has 128 valence electrons. The molecule has 25 heavy (non-hydrogen) atoms. The molecule has 0 aliphatic heterocycles. The molecule has 1 aromatic heterocycles. The first-order valence-electron chi connectivity index (χ1n) is 7.33. The number of thioether (sulfide) groups is 1. The van der Waals surface area contributed by atoms with Gasteiger partial charge in [0.1, 0.15) is 5.75 Å². The lowest BCUT2D eigenvalue weighted by Gasteiger charge is -2.07. The Kier molecular flexibility index (Phi) is 5.40. The summed E-state index contributed by atoms with van der Waals surface area (Å²) in [5.41, 5.74) is 2.43. The van der Waals surface area contributed by atoms with Gasteiger partial charge in [0.05, 0.1) is 11.4 Å². The molecule has 0 bridgehead atoms. The van der Waals surface area contributed by atoms with Crippen LogP contribution in [-0.2, 0) is 4.79 Å². The van der Waals surface area contributed by atoms with Gasteiger partial charge in [-0.3, -0.25) is 4.79 Å². The normalized spacial score (nSPS) is 10.6. The summed E-state index contributed by atoms with van der Waals surface area (Å²) in [6, 6.07) is 12.2. The molecular formula is C17H14BrN3O3S. The van der Waals surface area contributed by atoms with Crippen LogP contribution in [0.3, 0.4) is 0 Å². The van der Waals surface area contributed by atoms with Crippen LogP contribution in [0.15, 0.2) is 56.6 Å². The molecule has 2 N–H and O–H groups in total. The maximum atomic E-state index is 12.1. The maximum Gasteiger partial charge on any atom is 0.277 e. The Morgan fingerprint density at radius 2 is 2.12 bits per heavy atom. The number of carbonyl (C=O) groups is 1. The first-order chi connectivity index (χ1) is 12.0. The highest BCUT2D eigenvalue weighted by atomic mass is 79.9. The molecule has 3 rings (SSSR count). The third kappa shape index (κ3) is 4.61. The van der Waals surface area contributed by atoms with E-state index in [4.69, 9.17) is 4.42 Å². The highest BCUT2D eigenvalue weighted by Gasteiger charge is 2.12. The summed E-state index contributed by atoms with van der Waals surface area (Å²) in [5.74, 6) is 0.377. The van der Waals surface area contributed by atoms with Gasteiger partial charge in [-0.25, -0.2) is 0 Å². The number of halogens is 1. The van der Waals surface area contributed by atoms with E-state index in [1.807, 2.05) is 25.1 Å². The second kappa shape index (κ2) is 7.71. The van der Waals surface area contributed by atoms with Gasteiger partial charge in [-0.15, -0.1) is 10.2 Å². The number of aromatic nitrogens is 2. The molecular weight excluding hydrogens is 406 g/mol. The van der Waals surface area contributed by atoms with Crippen LogP contribution in [0.1, 0.15) is 5.56 Å². The average Bonchev–Trinajstić information content (AvgIpc) is 3.05. The summed E-state index contributed by atoms with van der Waals surface area (Å²) in [6.45, 7) is 1.98. The van der Waals surface area contributed by atoms with Crippen molar-refractivity contribution in [1.82, 2.24) is 10.2 Å². The van der Waals surface area contributed by atoms with Crippen LogP contribution in [0.5, 0.6) is 5.75 Å². The molecule has 0 aliphatic rings. The van der Waals surface area contributed by atoms with Gasteiger partial charge >= 0.3 is 0 Å². The van der Waals surface area contributed by atoms with E-state index < -0.39 is 0 Å². The average molecular weight is 420 g/mol. The molecule has 1 amide bonds. The van der Waals surface area contributed by atoms with Crippen molar-refractivity contribution in [3.05, 3.63) is 52.5 Å². The summed E-state index contributed by atoms with van der Waals surface area (Å²) in [7, 11) is 0. The highest BCUT2D eigenvalue weighted by molar-refractivity contribution is 9.10. The van der Waals surface area contributed by atoms with E-state index in [1.54, 1.807) is 18.2 Å². The number of nitrogens with one attached hydrogen (secondary N) is 1. The zero-order valence-corrected chi connectivity index (χ0v) is 15.6. The number of carbonyl (C=O) groups excluding carboxylic acids is 1. The van der Waals surface area contributed by atoms with E-state index >= 15 is 0 Å². The summed E-state index contributed by atoms with van der Waals surface area (Å²) in [5, 5.41) is 20.4. The summed E-state index contributed by atoms with van der Waals surface area (Å²) in [4.78, 5) is 12.1. The molecule has 0 aliphatic carbocycles. The molecule has 6 nitrogen and oxygen atoms in total. The van der Waals surface area contributed by atoms with E-state index in [1.165, 1.54) is 6.07 Å². The zero-order chi connectivity index (χ0) is 17.8. The number of aryl methyl sites for hydroxylation is 1. The van der Waals surface area contributed by atoms with E-state index in [-0.39, 0.29) is 22.6 Å². The van der Waals surface area contributed by atoms with Crippen LogP contribution >= 0.6 is 27.7 Å². The van der Waals surface area contributed by atoms with E-state index in [0.29, 0.717) is 17.1 Å². The van der Waals surface area contributed by atoms with Gasteiger partial charge in [-0.2, -0.15) is 0 Å². The van der Waals surface area contributed by atoms with Crippen LogP contribution in [0.4, 0.5) is 5.69 Å². The van der Waals surface area contributed by atoms with Crippen LogP contribution in [0.25, 0.3) is 11.5 Å². The second-order valence-corrected chi connectivity index (χ2v) is 7.02. The van der Waals surface area contributed by atoms with Gasteiger partial charge in [-0.05, 0) is 58.7 Å². The van der Waals surface area contributed by atoms with Gasteiger partial charge in [0.15, 0.2) is 0 Å². The standard InChI is InChI=1S/C17H14BrN3O3S/c1-10-5-6-14(13(18)7-10)19-15(23)9-25-17-21-20-16(24-17)11-3-2-4-12(22)8-11/h2-8,22H,9H2,1H3,(H,19,23). The van der Waals surface area contributed by atoms with Crippen molar-refractivity contribution in [2.24, 2.45) is 0 Å². The monoisotopic (exact) mass is 419 g/mol. The molecule has 0 saturated carbocycles. The lowest BCUT2D eigenvalue weighted by atomic mass is 10.2. The topological polar surface area (TPSA) is 88.2 Å². The molecule has 0 fully saturated rings. The maximum absolute atomic E-state index is 12.1. The fraction of sp³-hybridized carbons (Fsp3) is 0.118. The Morgan fingerprint density at radius 3 is 2.88 bits per heavy atom. The fourth-order valence-electron chi connectivity index (χ4n) is 2.06. The number of nitrogens with zero attached hydrogens (tertiary/aromatic N) is 2. The van der Waals surface area contributed by atoms with Crippen LogP contribution in [0.2, 0.25) is 0 Å². The summed E-state index contributed by atoms with van der Waals surface area (Å²) in [6.07, 6.45) is 0. The van der Waals surface area contributed by atoms with E-state index in [2.05, 4.69) is 31.4 Å². The number of aromatic hydroxyl groups is 1. The third-order valence-electron chi connectivity index (χ3n) is 3.22. The predicted octanol–water partition coefficient (Wildman–Crippen LogP) is 4.24. The molecule has 0 atom stereocenters. The van der Waals surface area contributed by atoms with E-state index in [9.17, 15) is 9.90 Å². The van der Waals surface area contributed by atoms with Gasteiger partial charge in [0.25, 0.3) is 5.22 Å². The number of amides is 1. The Bertz CT molecular complexity index is 914. The lowest BCUT2D eigenvalue weighted by molar-refractivity contribution is -0.113. The van der Waals surface area contributed by atoms with Crippen molar-refractivity contribution in [2.75, 3.05) is 11.1 Å². The number of anilines is 1. The van der Waals surface area contributed by atoms with Gasteiger partial charge in [0, 0.05) is 10.0 Å². The summed E-state index contributed by atoms with van der Waals surface area (Å²) < 4.78 is 6.33. The van der Waals surface area contributed by atoms with Crippen molar-refractivity contribution >= 4 is 39.3 Å². The van der Waals surface area contributed by atoms with Gasteiger partial charge in [-0.1, -0.05) is 23.9 Å². The third-order valence-corrected chi connectivity index (χ3v) is 4.70. The molecule has 2 aromatic carbocycles. The number of hydrogen-bond acceptors (Lipinski definition) is 6. The van der Waals surface area contributed by atoms with Gasteiger partial charge in [0.2, 0.25) is 11.8 Å².